The van der Waals surface area contributed by atoms with Crippen molar-refractivity contribution in [3.8, 4) is 0 Å². The Hall–Kier alpha value is -0.770. The summed E-state index contributed by atoms with van der Waals surface area (Å²) in [6.45, 7) is 5.14. The van der Waals surface area contributed by atoms with Gasteiger partial charge in [0.05, 0.1) is 6.10 Å². The van der Waals surface area contributed by atoms with Crippen LogP contribution in [0.15, 0.2) is 0 Å². The van der Waals surface area contributed by atoms with Crippen LogP contribution in [0, 0.1) is 5.92 Å². The van der Waals surface area contributed by atoms with Crippen LogP contribution in [-0.4, -0.2) is 53.2 Å². The van der Waals surface area contributed by atoms with Crippen LogP contribution in [-0.2, 0) is 0 Å². The molecule has 2 atom stereocenters. The fourth-order valence-electron chi connectivity index (χ4n) is 2.51. The van der Waals surface area contributed by atoms with E-state index < -0.39 is 0 Å². The summed E-state index contributed by atoms with van der Waals surface area (Å²) in [5, 5.41) is 9.78. The van der Waals surface area contributed by atoms with Gasteiger partial charge in [0.1, 0.15) is 0 Å². The molecule has 0 aromatic carbocycles. The number of urea groups is 1. The topological polar surface area (TPSA) is 43.8 Å². The summed E-state index contributed by atoms with van der Waals surface area (Å²) in [6.07, 6.45) is 4.06. The van der Waals surface area contributed by atoms with Crippen LogP contribution >= 0.6 is 0 Å². The fourth-order valence-corrected chi connectivity index (χ4v) is 2.51. The number of likely N-dealkylation sites (tertiary alicyclic amines) is 2. The second kappa shape index (κ2) is 5.04. The van der Waals surface area contributed by atoms with Crippen molar-refractivity contribution < 1.29 is 9.90 Å². The number of carbonyl (C=O) groups is 1. The predicted molar refractivity (Wildman–Crippen MR) is 62.2 cm³/mol. The van der Waals surface area contributed by atoms with Gasteiger partial charge in [0.15, 0.2) is 0 Å². The summed E-state index contributed by atoms with van der Waals surface area (Å²) in [5.41, 5.74) is 0. The maximum Gasteiger partial charge on any atom is 0.320 e. The maximum atomic E-state index is 12.1. The summed E-state index contributed by atoms with van der Waals surface area (Å²) in [4.78, 5) is 15.9. The van der Waals surface area contributed by atoms with Crippen LogP contribution in [0.3, 0.4) is 0 Å². The SMILES string of the molecule is CC1CCN(C(=O)N2CCCCC2)CC1O. The van der Waals surface area contributed by atoms with Gasteiger partial charge in [-0.05, 0) is 31.6 Å². The van der Waals surface area contributed by atoms with E-state index in [2.05, 4.69) is 0 Å². The van der Waals surface area contributed by atoms with Crippen molar-refractivity contribution in [2.24, 2.45) is 5.92 Å². The van der Waals surface area contributed by atoms with Crippen molar-refractivity contribution >= 4 is 6.03 Å². The maximum absolute atomic E-state index is 12.1. The highest BCUT2D eigenvalue weighted by molar-refractivity contribution is 5.74. The third kappa shape index (κ3) is 2.48. The lowest BCUT2D eigenvalue weighted by Crippen LogP contribution is -2.52. The number of piperidine rings is 2. The van der Waals surface area contributed by atoms with Gasteiger partial charge >= 0.3 is 6.03 Å². The molecular weight excluding hydrogens is 204 g/mol. The average Bonchev–Trinajstić information content (AvgIpc) is 2.33. The molecule has 0 aromatic heterocycles. The lowest BCUT2D eigenvalue weighted by molar-refractivity contribution is 0.0338. The number of amides is 2. The predicted octanol–water partition coefficient (Wildman–Crippen LogP) is 1.30. The first kappa shape index (κ1) is 11.7. The van der Waals surface area contributed by atoms with Gasteiger partial charge in [-0.3, -0.25) is 0 Å². The van der Waals surface area contributed by atoms with Gasteiger partial charge in [-0.15, -0.1) is 0 Å². The zero-order chi connectivity index (χ0) is 11.5. The second-order valence-electron chi connectivity index (χ2n) is 5.11. The number of nitrogens with zero attached hydrogens (tertiary/aromatic N) is 2. The first-order valence-corrected chi connectivity index (χ1v) is 6.40. The Bertz CT molecular complexity index is 251. The van der Waals surface area contributed by atoms with Crippen molar-refractivity contribution in [3.63, 3.8) is 0 Å². The molecule has 4 nitrogen and oxygen atoms in total. The second-order valence-corrected chi connectivity index (χ2v) is 5.11. The Balaban J connectivity index is 1.89. The Labute approximate surface area is 97.2 Å². The molecule has 2 saturated heterocycles. The molecule has 2 amide bonds. The molecule has 0 radical (unpaired) electrons. The van der Waals surface area contributed by atoms with Crippen molar-refractivity contribution in [2.45, 2.75) is 38.7 Å². The van der Waals surface area contributed by atoms with Crippen LogP contribution in [0.2, 0.25) is 0 Å². The zero-order valence-corrected chi connectivity index (χ0v) is 10.1. The standard InChI is InChI=1S/C12H22N2O2/c1-10-5-8-14(9-11(10)15)12(16)13-6-3-2-4-7-13/h10-11,15H,2-9H2,1H3. The monoisotopic (exact) mass is 226 g/mol. The molecule has 0 saturated carbocycles. The normalized spacial score (nSPS) is 31.6. The van der Waals surface area contributed by atoms with Gasteiger partial charge in [0.2, 0.25) is 0 Å². The molecule has 2 rings (SSSR count). The minimum atomic E-state index is -0.345. The molecule has 16 heavy (non-hydrogen) atoms. The first-order valence-electron chi connectivity index (χ1n) is 6.40. The molecule has 92 valence electrons. The first-order chi connectivity index (χ1) is 7.68. The lowest BCUT2D eigenvalue weighted by Gasteiger charge is -2.38. The van der Waals surface area contributed by atoms with E-state index in [0.717, 1.165) is 38.9 Å². The quantitative estimate of drug-likeness (QED) is 0.676. The highest BCUT2D eigenvalue weighted by Crippen LogP contribution is 2.19. The number of rotatable bonds is 0. The Morgan fingerprint density at radius 2 is 1.81 bits per heavy atom. The Kier molecular flexibility index (Phi) is 3.69. The molecule has 4 heteroatoms. The summed E-state index contributed by atoms with van der Waals surface area (Å²) in [6, 6.07) is 0.130. The lowest BCUT2D eigenvalue weighted by atomic mass is 9.96. The molecule has 2 fully saturated rings. The van der Waals surface area contributed by atoms with Crippen molar-refractivity contribution in [3.05, 3.63) is 0 Å². The summed E-state index contributed by atoms with van der Waals surface area (Å²) in [7, 11) is 0. The summed E-state index contributed by atoms with van der Waals surface area (Å²) >= 11 is 0. The minimum absolute atomic E-state index is 0.130. The van der Waals surface area contributed by atoms with Crippen LogP contribution < -0.4 is 0 Å². The highest BCUT2D eigenvalue weighted by Gasteiger charge is 2.30. The molecule has 2 aliphatic heterocycles. The molecule has 2 heterocycles. The molecule has 0 spiro atoms. The smallest absolute Gasteiger partial charge is 0.320 e. The fraction of sp³-hybridized carbons (Fsp3) is 0.917. The van der Waals surface area contributed by atoms with E-state index in [-0.39, 0.29) is 12.1 Å². The van der Waals surface area contributed by atoms with Crippen LogP contribution in [0.1, 0.15) is 32.6 Å². The number of hydrogen-bond donors (Lipinski definition) is 1. The van der Waals surface area contributed by atoms with Gasteiger partial charge in [0, 0.05) is 26.2 Å². The average molecular weight is 226 g/mol. The summed E-state index contributed by atoms with van der Waals surface area (Å²) < 4.78 is 0. The number of β-amino-alcohol motifs (C(OH)–C–C–N with tert-alkyl or cyclic N) is 1. The molecule has 1 N–H and O–H groups in total. The van der Waals surface area contributed by atoms with E-state index >= 15 is 0 Å². The number of aliphatic hydroxyl groups excluding tert-OH is 1. The van der Waals surface area contributed by atoms with Gasteiger partial charge in [-0.25, -0.2) is 4.79 Å². The van der Waals surface area contributed by atoms with Gasteiger partial charge < -0.3 is 14.9 Å². The van der Waals surface area contributed by atoms with Crippen molar-refractivity contribution in [1.82, 2.24) is 9.80 Å². The van der Waals surface area contributed by atoms with Crippen LogP contribution in [0.5, 0.6) is 0 Å². The van der Waals surface area contributed by atoms with Crippen LogP contribution in [0.25, 0.3) is 0 Å². The molecule has 0 aliphatic carbocycles. The van der Waals surface area contributed by atoms with E-state index in [9.17, 15) is 9.90 Å². The largest absolute Gasteiger partial charge is 0.391 e. The molecule has 2 aliphatic rings. The number of aliphatic hydroxyl groups is 1. The van der Waals surface area contributed by atoms with Gasteiger partial charge in [-0.2, -0.15) is 0 Å². The molecule has 2 unspecified atom stereocenters. The van der Waals surface area contributed by atoms with Gasteiger partial charge in [0.25, 0.3) is 0 Å². The van der Waals surface area contributed by atoms with E-state index in [4.69, 9.17) is 0 Å². The van der Waals surface area contributed by atoms with Crippen molar-refractivity contribution in [2.75, 3.05) is 26.2 Å². The Morgan fingerprint density at radius 3 is 2.44 bits per heavy atom. The molecular formula is C12H22N2O2. The number of carbonyl (C=O) groups excluding carboxylic acids is 1. The summed E-state index contributed by atoms with van der Waals surface area (Å²) in [5.74, 6) is 0.324. The zero-order valence-electron chi connectivity index (χ0n) is 10.1. The van der Waals surface area contributed by atoms with E-state index in [1.165, 1.54) is 6.42 Å². The highest BCUT2D eigenvalue weighted by atomic mass is 16.3. The van der Waals surface area contributed by atoms with E-state index in [1.54, 1.807) is 0 Å². The third-order valence-corrected chi connectivity index (χ3v) is 3.82. The van der Waals surface area contributed by atoms with Crippen molar-refractivity contribution in [1.29, 1.82) is 0 Å². The minimum Gasteiger partial charge on any atom is -0.391 e. The Morgan fingerprint density at radius 1 is 1.12 bits per heavy atom. The molecule has 0 aromatic rings. The van der Waals surface area contributed by atoms with Gasteiger partial charge in [-0.1, -0.05) is 6.92 Å². The van der Waals surface area contributed by atoms with E-state index in [1.807, 2.05) is 16.7 Å². The molecule has 0 bridgehead atoms. The number of hydrogen-bond acceptors (Lipinski definition) is 2. The third-order valence-electron chi connectivity index (χ3n) is 3.82. The van der Waals surface area contributed by atoms with E-state index in [0.29, 0.717) is 12.5 Å². The van der Waals surface area contributed by atoms with Crippen LogP contribution in [0.4, 0.5) is 4.79 Å².